The van der Waals surface area contributed by atoms with Crippen LogP contribution in [0.25, 0.3) is 0 Å². The van der Waals surface area contributed by atoms with Gasteiger partial charge in [0.2, 0.25) is 0 Å². The molecule has 0 radical (unpaired) electrons. The maximum Gasteiger partial charge on any atom is 0.0764 e. The second-order valence-corrected chi connectivity index (χ2v) is 7.81. The number of aromatic nitrogens is 2. The largest absolute Gasteiger partial charge is 0.308 e. The molecular weight excluding hydrogens is 260 g/mol. The third kappa shape index (κ3) is 2.42. The monoisotopic (exact) mass is 288 g/mol. The van der Waals surface area contributed by atoms with Gasteiger partial charge in [0.05, 0.1) is 5.69 Å². The molecule has 4 rings (SSSR count). The SMILES string of the molecule is Cn1ccc(CN2CC(C)(C3CC3)NCC23CCCC3)n1. The first-order chi connectivity index (χ1) is 10.1. The lowest BCUT2D eigenvalue weighted by Crippen LogP contribution is -2.68. The molecule has 0 bridgehead atoms. The van der Waals surface area contributed by atoms with E-state index in [1.807, 2.05) is 11.7 Å². The zero-order valence-electron chi connectivity index (χ0n) is 13.4. The average molecular weight is 288 g/mol. The van der Waals surface area contributed by atoms with Crippen LogP contribution >= 0.6 is 0 Å². The fourth-order valence-corrected chi connectivity index (χ4v) is 4.59. The minimum absolute atomic E-state index is 0.322. The molecule has 4 heteroatoms. The highest BCUT2D eigenvalue weighted by molar-refractivity contribution is 5.12. The van der Waals surface area contributed by atoms with E-state index in [1.165, 1.54) is 57.3 Å². The lowest BCUT2D eigenvalue weighted by molar-refractivity contribution is -0.00160. The number of nitrogens with one attached hydrogen (secondary N) is 1. The molecule has 1 N–H and O–H groups in total. The van der Waals surface area contributed by atoms with Crippen LogP contribution in [0.5, 0.6) is 0 Å². The van der Waals surface area contributed by atoms with Crippen molar-refractivity contribution in [1.82, 2.24) is 20.0 Å². The van der Waals surface area contributed by atoms with E-state index in [0.717, 1.165) is 12.5 Å². The van der Waals surface area contributed by atoms with Crippen LogP contribution in [-0.2, 0) is 13.6 Å². The van der Waals surface area contributed by atoms with Gasteiger partial charge in [0.1, 0.15) is 0 Å². The Morgan fingerprint density at radius 3 is 2.71 bits per heavy atom. The summed E-state index contributed by atoms with van der Waals surface area (Å²) in [4.78, 5) is 2.77. The molecule has 1 aromatic heterocycles. The molecule has 0 amide bonds. The molecule has 21 heavy (non-hydrogen) atoms. The molecule has 1 spiro atoms. The van der Waals surface area contributed by atoms with Crippen LogP contribution < -0.4 is 5.32 Å². The number of piperazine rings is 1. The Labute approximate surface area is 127 Å². The lowest BCUT2D eigenvalue weighted by atomic mass is 9.83. The van der Waals surface area contributed by atoms with Gasteiger partial charge in [0.15, 0.2) is 0 Å². The summed E-state index contributed by atoms with van der Waals surface area (Å²) in [5.41, 5.74) is 1.94. The molecule has 4 nitrogen and oxygen atoms in total. The normalized spacial score (nSPS) is 32.9. The molecule has 116 valence electrons. The van der Waals surface area contributed by atoms with E-state index < -0.39 is 0 Å². The van der Waals surface area contributed by atoms with Crippen LogP contribution in [0.4, 0.5) is 0 Å². The molecule has 1 atom stereocenters. The second kappa shape index (κ2) is 4.82. The average Bonchev–Trinajstić information content (AvgIpc) is 3.10. The Morgan fingerprint density at radius 1 is 1.33 bits per heavy atom. The Morgan fingerprint density at radius 2 is 2.10 bits per heavy atom. The van der Waals surface area contributed by atoms with Crippen molar-refractivity contribution in [3.05, 3.63) is 18.0 Å². The molecule has 3 aliphatic rings. The Hall–Kier alpha value is -0.870. The van der Waals surface area contributed by atoms with Gasteiger partial charge in [-0.05, 0) is 44.6 Å². The predicted molar refractivity (Wildman–Crippen MR) is 83.9 cm³/mol. The summed E-state index contributed by atoms with van der Waals surface area (Å²) in [6.07, 6.45) is 10.4. The van der Waals surface area contributed by atoms with Crippen molar-refractivity contribution in [2.24, 2.45) is 13.0 Å². The van der Waals surface area contributed by atoms with E-state index in [0.29, 0.717) is 11.1 Å². The molecule has 1 aliphatic heterocycles. The maximum absolute atomic E-state index is 4.62. The number of hydrogen-bond acceptors (Lipinski definition) is 3. The van der Waals surface area contributed by atoms with Crippen LogP contribution in [0.3, 0.4) is 0 Å². The second-order valence-electron chi connectivity index (χ2n) is 7.81. The van der Waals surface area contributed by atoms with Crippen molar-refractivity contribution >= 4 is 0 Å². The fraction of sp³-hybridized carbons (Fsp3) is 0.824. The summed E-state index contributed by atoms with van der Waals surface area (Å²) in [5, 5.41) is 8.57. The van der Waals surface area contributed by atoms with E-state index in [1.54, 1.807) is 0 Å². The van der Waals surface area contributed by atoms with E-state index in [9.17, 15) is 0 Å². The Bertz CT molecular complexity index is 513. The van der Waals surface area contributed by atoms with Gasteiger partial charge >= 0.3 is 0 Å². The summed E-state index contributed by atoms with van der Waals surface area (Å²) in [6, 6.07) is 2.18. The van der Waals surface area contributed by atoms with Gasteiger partial charge in [-0.2, -0.15) is 5.10 Å². The molecular formula is C17H28N4. The van der Waals surface area contributed by atoms with Crippen molar-refractivity contribution in [2.75, 3.05) is 13.1 Å². The molecule has 2 saturated carbocycles. The van der Waals surface area contributed by atoms with Gasteiger partial charge in [-0.15, -0.1) is 0 Å². The topological polar surface area (TPSA) is 33.1 Å². The van der Waals surface area contributed by atoms with Crippen molar-refractivity contribution in [3.8, 4) is 0 Å². The first-order valence-corrected chi connectivity index (χ1v) is 8.58. The van der Waals surface area contributed by atoms with Crippen molar-refractivity contribution in [1.29, 1.82) is 0 Å². The zero-order valence-corrected chi connectivity index (χ0v) is 13.4. The lowest BCUT2D eigenvalue weighted by Gasteiger charge is -2.52. The highest BCUT2D eigenvalue weighted by Gasteiger charge is 2.51. The molecule has 0 aromatic carbocycles. The highest BCUT2D eigenvalue weighted by atomic mass is 15.3. The minimum Gasteiger partial charge on any atom is -0.308 e. The van der Waals surface area contributed by atoms with Gasteiger partial charge in [-0.1, -0.05) is 12.8 Å². The number of hydrogen-bond donors (Lipinski definition) is 1. The summed E-state index contributed by atoms with van der Waals surface area (Å²) in [5.74, 6) is 0.891. The van der Waals surface area contributed by atoms with Gasteiger partial charge in [0.25, 0.3) is 0 Å². The van der Waals surface area contributed by atoms with E-state index in [-0.39, 0.29) is 0 Å². The fourth-order valence-electron chi connectivity index (χ4n) is 4.59. The number of aryl methyl sites for hydroxylation is 1. The Balaban J connectivity index is 1.57. The van der Waals surface area contributed by atoms with Crippen molar-refractivity contribution in [3.63, 3.8) is 0 Å². The van der Waals surface area contributed by atoms with Gasteiger partial charge in [0, 0.05) is 44.0 Å². The standard InChI is InChI=1S/C17H28N4/c1-16(14-5-6-14)13-21(11-15-7-10-20(2)19-15)17(12-18-16)8-3-4-9-17/h7,10,14,18H,3-6,8-9,11-13H2,1-2H3. The molecule has 2 aliphatic carbocycles. The van der Waals surface area contributed by atoms with E-state index in [2.05, 4.69) is 34.5 Å². The third-order valence-corrected chi connectivity index (χ3v) is 6.15. The quantitative estimate of drug-likeness (QED) is 0.926. The van der Waals surface area contributed by atoms with E-state index in [4.69, 9.17) is 0 Å². The summed E-state index contributed by atoms with van der Waals surface area (Å²) >= 11 is 0. The maximum atomic E-state index is 4.62. The first kappa shape index (κ1) is 13.8. The van der Waals surface area contributed by atoms with Crippen LogP contribution in [-0.4, -0.2) is 38.8 Å². The van der Waals surface area contributed by atoms with Crippen LogP contribution in [0.15, 0.2) is 12.3 Å². The summed E-state index contributed by atoms with van der Waals surface area (Å²) in [6.45, 7) is 5.82. The van der Waals surface area contributed by atoms with E-state index >= 15 is 0 Å². The minimum atomic E-state index is 0.322. The molecule has 2 heterocycles. The molecule has 1 saturated heterocycles. The summed E-state index contributed by atoms with van der Waals surface area (Å²) < 4.78 is 1.93. The number of nitrogens with zero attached hydrogens (tertiary/aromatic N) is 3. The van der Waals surface area contributed by atoms with Crippen molar-refractivity contribution in [2.45, 2.75) is 63.1 Å². The summed E-state index contributed by atoms with van der Waals surface area (Å²) in [7, 11) is 2.01. The Kier molecular flexibility index (Phi) is 3.16. The first-order valence-electron chi connectivity index (χ1n) is 8.58. The molecule has 1 aromatic rings. The zero-order chi connectivity index (χ0) is 14.5. The van der Waals surface area contributed by atoms with Crippen LogP contribution in [0.1, 0.15) is 51.1 Å². The molecule has 3 fully saturated rings. The van der Waals surface area contributed by atoms with Crippen LogP contribution in [0, 0.1) is 5.92 Å². The molecule has 1 unspecified atom stereocenters. The predicted octanol–water partition coefficient (Wildman–Crippen LogP) is 2.31. The highest BCUT2D eigenvalue weighted by Crippen LogP contribution is 2.46. The smallest absolute Gasteiger partial charge is 0.0764 e. The third-order valence-electron chi connectivity index (χ3n) is 6.15. The van der Waals surface area contributed by atoms with Gasteiger partial charge in [-0.25, -0.2) is 0 Å². The van der Waals surface area contributed by atoms with Gasteiger partial charge in [-0.3, -0.25) is 9.58 Å². The number of rotatable bonds is 3. The van der Waals surface area contributed by atoms with Gasteiger partial charge < -0.3 is 5.32 Å². The van der Waals surface area contributed by atoms with Crippen LogP contribution in [0.2, 0.25) is 0 Å². The van der Waals surface area contributed by atoms with Crippen molar-refractivity contribution < 1.29 is 0 Å².